The zero-order valence-corrected chi connectivity index (χ0v) is 10.2. The molecule has 0 aromatic rings. The van der Waals surface area contributed by atoms with Crippen LogP contribution in [0.25, 0.3) is 0 Å². The highest BCUT2D eigenvalue weighted by Gasteiger charge is 2.38. The molecule has 0 bridgehead atoms. The number of carbonyl (C=O) groups excluding carboxylic acids is 1. The van der Waals surface area contributed by atoms with Crippen molar-refractivity contribution in [3.05, 3.63) is 11.1 Å². The average molecular weight is 206 g/mol. The fraction of sp³-hybridized carbons (Fsp3) is 0.786. The molecule has 1 unspecified atom stereocenters. The lowest BCUT2D eigenvalue weighted by Gasteiger charge is -2.42. The van der Waals surface area contributed by atoms with Gasteiger partial charge in [0.15, 0.2) is 0 Å². The monoisotopic (exact) mass is 206 g/mol. The maximum Gasteiger partial charge on any atom is 0.126 e. The molecule has 0 amide bonds. The Morgan fingerprint density at radius 2 is 1.87 bits per heavy atom. The van der Waals surface area contributed by atoms with Crippen molar-refractivity contribution in [3.63, 3.8) is 0 Å². The maximum atomic E-state index is 11.1. The van der Waals surface area contributed by atoms with Crippen LogP contribution in [0.4, 0.5) is 0 Å². The number of rotatable bonds is 1. The fourth-order valence-corrected chi connectivity index (χ4v) is 3.19. The normalized spacial score (nSPS) is 34.9. The summed E-state index contributed by atoms with van der Waals surface area (Å²) in [4.78, 5) is 11.1. The lowest BCUT2D eigenvalue weighted by Crippen LogP contribution is -2.31. The van der Waals surface area contributed by atoms with E-state index < -0.39 is 0 Å². The molecule has 2 rings (SSSR count). The average Bonchev–Trinajstić information content (AvgIpc) is 2.19. The van der Waals surface area contributed by atoms with Gasteiger partial charge >= 0.3 is 0 Å². The quantitative estimate of drug-likeness (QED) is 0.470. The first-order valence-corrected chi connectivity index (χ1v) is 6.15. The number of hydrogen-bond acceptors (Lipinski definition) is 1. The third-order valence-electron chi connectivity index (χ3n) is 4.39. The van der Waals surface area contributed by atoms with Gasteiger partial charge in [0.05, 0.1) is 0 Å². The summed E-state index contributed by atoms with van der Waals surface area (Å²) in [6.45, 7) is 6.81. The first-order valence-electron chi connectivity index (χ1n) is 6.15. The van der Waals surface area contributed by atoms with Crippen LogP contribution < -0.4 is 0 Å². The van der Waals surface area contributed by atoms with E-state index in [1.807, 2.05) is 0 Å². The predicted molar refractivity (Wildman–Crippen MR) is 62.7 cm³/mol. The summed E-state index contributed by atoms with van der Waals surface area (Å²) < 4.78 is 0. The van der Waals surface area contributed by atoms with Crippen LogP contribution in [0.1, 0.15) is 59.3 Å². The molecule has 0 N–H and O–H groups in total. The van der Waals surface area contributed by atoms with Crippen molar-refractivity contribution in [2.75, 3.05) is 0 Å². The Bertz CT molecular complexity index is 311. The van der Waals surface area contributed by atoms with Crippen LogP contribution in [-0.4, -0.2) is 6.29 Å². The smallest absolute Gasteiger partial charge is 0.126 e. The molecular formula is C14H22O. The van der Waals surface area contributed by atoms with Crippen molar-refractivity contribution in [2.45, 2.75) is 59.3 Å². The molecule has 0 saturated carbocycles. The zero-order valence-electron chi connectivity index (χ0n) is 10.2. The van der Waals surface area contributed by atoms with Crippen molar-refractivity contribution < 1.29 is 4.79 Å². The van der Waals surface area contributed by atoms with Crippen molar-refractivity contribution in [1.82, 2.24) is 0 Å². The van der Waals surface area contributed by atoms with Crippen molar-refractivity contribution >= 4 is 6.29 Å². The molecule has 2 aliphatic rings. The molecule has 0 heterocycles. The van der Waals surface area contributed by atoms with Gasteiger partial charge in [-0.1, -0.05) is 31.9 Å². The van der Waals surface area contributed by atoms with Gasteiger partial charge in [0.1, 0.15) is 6.29 Å². The van der Waals surface area contributed by atoms with E-state index in [0.717, 1.165) is 19.3 Å². The fourth-order valence-electron chi connectivity index (χ4n) is 3.19. The second-order valence-electron chi connectivity index (χ2n) is 6.27. The van der Waals surface area contributed by atoms with Gasteiger partial charge in [-0.05, 0) is 43.9 Å². The molecule has 15 heavy (non-hydrogen) atoms. The molecule has 1 nitrogen and oxygen atoms in total. The number of hydrogen-bond donors (Lipinski definition) is 0. The minimum atomic E-state index is -0.0759. The lowest BCUT2D eigenvalue weighted by atomic mass is 9.62. The minimum Gasteiger partial charge on any atom is -0.303 e. The first kappa shape index (κ1) is 10.9. The van der Waals surface area contributed by atoms with Crippen LogP contribution in [0.3, 0.4) is 0 Å². The molecule has 1 heteroatoms. The van der Waals surface area contributed by atoms with Crippen LogP contribution in [0.2, 0.25) is 0 Å². The summed E-state index contributed by atoms with van der Waals surface area (Å²) >= 11 is 0. The van der Waals surface area contributed by atoms with Crippen LogP contribution in [0.15, 0.2) is 11.1 Å². The molecule has 0 radical (unpaired) electrons. The summed E-state index contributed by atoms with van der Waals surface area (Å²) in [5.41, 5.74) is 3.55. The maximum absolute atomic E-state index is 11.1. The van der Waals surface area contributed by atoms with E-state index in [4.69, 9.17) is 0 Å². The molecule has 0 saturated heterocycles. The van der Waals surface area contributed by atoms with E-state index in [1.165, 1.54) is 25.5 Å². The molecule has 0 aromatic heterocycles. The van der Waals surface area contributed by atoms with Crippen molar-refractivity contribution in [1.29, 1.82) is 0 Å². The molecule has 1 atom stereocenters. The Balaban J connectivity index is 2.32. The Hall–Kier alpha value is -0.590. The second kappa shape index (κ2) is 3.47. The van der Waals surface area contributed by atoms with Crippen LogP contribution in [0.5, 0.6) is 0 Å². The van der Waals surface area contributed by atoms with E-state index in [2.05, 4.69) is 20.8 Å². The van der Waals surface area contributed by atoms with E-state index >= 15 is 0 Å². The molecule has 2 aliphatic carbocycles. The molecule has 0 aliphatic heterocycles. The van der Waals surface area contributed by atoms with E-state index in [1.54, 1.807) is 11.1 Å². The second-order valence-corrected chi connectivity index (χ2v) is 6.27. The Labute approximate surface area is 92.9 Å². The largest absolute Gasteiger partial charge is 0.303 e. The zero-order chi connectivity index (χ0) is 11.1. The van der Waals surface area contributed by atoms with Gasteiger partial charge in [-0.15, -0.1) is 0 Å². The standard InChI is InChI=1S/C14H22O/c1-13(2)7-4-5-11-6-8-14(3,10-15)9-12(11)13/h10H,4-9H2,1-3H3. The van der Waals surface area contributed by atoms with Crippen molar-refractivity contribution in [3.8, 4) is 0 Å². The summed E-state index contributed by atoms with van der Waals surface area (Å²) in [5.74, 6) is 0. The number of allylic oxidation sites excluding steroid dienone is 2. The highest BCUT2D eigenvalue weighted by Crippen LogP contribution is 2.50. The Morgan fingerprint density at radius 1 is 1.13 bits per heavy atom. The first-order chi connectivity index (χ1) is 6.97. The van der Waals surface area contributed by atoms with Gasteiger partial charge in [0, 0.05) is 5.41 Å². The third-order valence-corrected chi connectivity index (χ3v) is 4.39. The SMILES string of the molecule is CC1(C=O)CCC2=C(C1)C(C)(C)CCC2. The highest BCUT2D eigenvalue weighted by molar-refractivity contribution is 5.60. The van der Waals surface area contributed by atoms with Crippen LogP contribution in [-0.2, 0) is 4.79 Å². The number of carbonyl (C=O) groups is 1. The Morgan fingerprint density at radius 3 is 2.53 bits per heavy atom. The van der Waals surface area contributed by atoms with Gasteiger partial charge in [-0.25, -0.2) is 0 Å². The molecular weight excluding hydrogens is 184 g/mol. The van der Waals surface area contributed by atoms with Crippen LogP contribution in [0, 0.1) is 10.8 Å². The number of aldehydes is 1. The Kier molecular flexibility index (Phi) is 2.52. The summed E-state index contributed by atoms with van der Waals surface area (Å²) in [5, 5.41) is 0. The van der Waals surface area contributed by atoms with Crippen LogP contribution >= 0.6 is 0 Å². The van der Waals surface area contributed by atoms with E-state index in [-0.39, 0.29) is 5.41 Å². The highest BCUT2D eigenvalue weighted by atomic mass is 16.1. The van der Waals surface area contributed by atoms with E-state index in [0.29, 0.717) is 5.41 Å². The summed E-state index contributed by atoms with van der Waals surface area (Å²) in [6, 6.07) is 0. The van der Waals surface area contributed by atoms with Gasteiger partial charge in [0.25, 0.3) is 0 Å². The summed E-state index contributed by atoms with van der Waals surface area (Å²) in [6.07, 6.45) is 8.33. The topological polar surface area (TPSA) is 17.1 Å². The molecule has 84 valence electrons. The molecule has 0 aromatic carbocycles. The van der Waals surface area contributed by atoms with Crippen molar-refractivity contribution in [2.24, 2.45) is 10.8 Å². The van der Waals surface area contributed by atoms with Gasteiger partial charge in [0.2, 0.25) is 0 Å². The van der Waals surface area contributed by atoms with Gasteiger partial charge in [-0.3, -0.25) is 0 Å². The summed E-state index contributed by atoms with van der Waals surface area (Å²) in [7, 11) is 0. The molecule has 0 fully saturated rings. The predicted octanol–water partition coefficient (Wildman–Crippen LogP) is 3.88. The lowest BCUT2D eigenvalue weighted by molar-refractivity contribution is -0.116. The third kappa shape index (κ3) is 1.89. The van der Waals surface area contributed by atoms with Gasteiger partial charge in [-0.2, -0.15) is 0 Å². The van der Waals surface area contributed by atoms with Gasteiger partial charge < -0.3 is 4.79 Å². The minimum absolute atomic E-state index is 0.0759. The molecule has 0 spiro atoms. The van der Waals surface area contributed by atoms with E-state index in [9.17, 15) is 4.79 Å².